The van der Waals surface area contributed by atoms with Crippen LogP contribution in [0, 0.1) is 0 Å². The number of carbonyl (C=O) groups excluding carboxylic acids is 1. The molecule has 0 spiro atoms. The number of nitrogens with zero attached hydrogens (tertiary/aromatic N) is 1. The van der Waals surface area contributed by atoms with E-state index >= 15 is 0 Å². The van der Waals surface area contributed by atoms with Crippen LogP contribution in [0.25, 0.3) is 33.2 Å². The second-order valence-corrected chi connectivity index (χ2v) is 8.62. The summed E-state index contributed by atoms with van der Waals surface area (Å²) in [4.78, 5) is 15.9. The Hall–Kier alpha value is -4.65. The molecule has 0 atom stereocenters. The molecule has 0 amide bonds. The van der Waals surface area contributed by atoms with E-state index in [1.807, 2.05) is 42.5 Å². The lowest BCUT2D eigenvalue weighted by Gasteiger charge is -2.17. The minimum absolute atomic E-state index is 0.105. The van der Waals surface area contributed by atoms with Crippen molar-refractivity contribution in [2.45, 2.75) is 12.8 Å². The number of para-hydroxylation sites is 1. The Morgan fingerprint density at radius 2 is 1.55 bits per heavy atom. The number of methoxy groups -OCH3 is 1. The first-order valence-electron chi connectivity index (χ1n) is 11.8. The number of esters is 1. The summed E-state index contributed by atoms with van der Waals surface area (Å²) in [5, 5.41) is 0.400. The maximum Gasteiger partial charge on any atom is 0.418 e. The number of pyridine rings is 1. The molecule has 4 aromatic carbocycles. The molecule has 0 aliphatic carbocycles. The first kappa shape index (κ1) is 25.0. The molecule has 0 saturated heterocycles. The van der Waals surface area contributed by atoms with Crippen LogP contribution in [0.3, 0.4) is 0 Å². The molecule has 0 bridgehead atoms. The molecule has 4 nitrogen and oxygen atoms in total. The summed E-state index contributed by atoms with van der Waals surface area (Å²) >= 11 is 0. The van der Waals surface area contributed by atoms with Gasteiger partial charge in [0.25, 0.3) is 0 Å². The van der Waals surface area contributed by atoms with Crippen LogP contribution >= 0.6 is 0 Å². The minimum atomic E-state index is -4.54. The highest BCUT2D eigenvalue weighted by Gasteiger charge is 2.33. The fraction of sp³-hybridized carbons (Fsp3) is 0.0968. The zero-order valence-electron chi connectivity index (χ0n) is 20.3. The summed E-state index contributed by atoms with van der Waals surface area (Å²) < 4.78 is 52.1. The van der Waals surface area contributed by atoms with Gasteiger partial charge >= 0.3 is 12.1 Å². The van der Waals surface area contributed by atoms with Crippen LogP contribution in [0.15, 0.2) is 103 Å². The van der Waals surface area contributed by atoms with E-state index in [0.29, 0.717) is 33.4 Å². The number of halogens is 3. The zero-order chi connectivity index (χ0) is 26.7. The number of hydrogen-bond acceptors (Lipinski definition) is 4. The van der Waals surface area contributed by atoms with Crippen LogP contribution in [-0.2, 0) is 17.5 Å². The number of hydrogen-bond donors (Lipinski definition) is 0. The van der Waals surface area contributed by atoms with Crippen molar-refractivity contribution in [2.75, 3.05) is 7.11 Å². The Labute approximate surface area is 217 Å². The monoisotopic (exact) mass is 513 g/mol. The number of ether oxygens (including phenoxy) is 2. The minimum Gasteiger partial charge on any atom is -0.489 e. The highest BCUT2D eigenvalue weighted by molar-refractivity contribution is 6.03. The second kappa shape index (κ2) is 10.4. The third-order valence-electron chi connectivity index (χ3n) is 6.19. The number of rotatable bonds is 6. The van der Waals surface area contributed by atoms with E-state index in [-0.39, 0.29) is 12.1 Å². The lowest BCUT2D eigenvalue weighted by atomic mass is 9.91. The van der Waals surface area contributed by atoms with Crippen molar-refractivity contribution in [3.63, 3.8) is 0 Å². The van der Waals surface area contributed by atoms with Crippen LogP contribution in [0.1, 0.15) is 21.5 Å². The predicted octanol–water partition coefficient (Wildman–Crippen LogP) is 7.95. The number of fused-ring (bicyclic) bond motifs is 1. The lowest BCUT2D eigenvalue weighted by molar-refractivity contribution is -0.136. The lowest BCUT2D eigenvalue weighted by Crippen LogP contribution is -2.07. The van der Waals surface area contributed by atoms with Crippen LogP contribution in [0.2, 0.25) is 0 Å². The molecule has 0 saturated carbocycles. The number of benzene rings is 4. The van der Waals surface area contributed by atoms with E-state index in [4.69, 9.17) is 9.47 Å². The van der Waals surface area contributed by atoms with Crippen LogP contribution < -0.4 is 4.74 Å². The Balaban J connectivity index is 1.56. The van der Waals surface area contributed by atoms with Gasteiger partial charge in [0, 0.05) is 22.7 Å². The standard InChI is InChI=1S/C31H22F3NO3/c1-37-30(36)22-15-13-20(14-16-22)19-38-24-10-5-9-23(17-24)28-25-11-6-12-27(31(32,33)34)29(25)35-18-26(28)21-7-3-2-4-8-21/h2-18H,19H2,1H3. The average Bonchev–Trinajstić information content (AvgIpc) is 2.95. The van der Waals surface area contributed by atoms with Crippen molar-refractivity contribution in [3.05, 3.63) is 120 Å². The summed E-state index contributed by atoms with van der Waals surface area (Å²) in [6.07, 6.45) is -3.04. The molecule has 1 heterocycles. The Morgan fingerprint density at radius 1 is 0.842 bits per heavy atom. The molecule has 0 N–H and O–H groups in total. The first-order valence-corrected chi connectivity index (χ1v) is 11.8. The molecular weight excluding hydrogens is 491 g/mol. The van der Waals surface area contributed by atoms with Gasteiger partial charge in [-0.2, -0.15) is 13.2 Å². The van der Waals surface area contributed by atoms with Gasteiger partial charge in [-0.1, -0.05) is 66.7 Å². The van der Waals surface area contributed by atoms with Crippen LogP contribution in [0.5, 0.6) is 5.75 Å². The van der Waals surface area contributed by atoms with Crippen molar-refractivity contribution in [3.8, 4) is 28.0 Å². The van der Waals surface area contributed by atoms with Gasteiger partial charge in [0.15, 0.2) is 0 Å². The number of alkyl halides is 3. The second-order valence-electron chi connectivity index (χ2n) is 8.62. The quantitative estimate of drug-likeness (QED) is 0.216. The third kappa shape index (κ3) is 5.09. The normalized spacial score (nSPS) is 11.4. The molecule has 5 rings (SSSR count). The van der Waals surface area contributed by atoms with E-state index in [9.17, 15) is 18.0 Å². The van der Waals surface area contributed by atoms with Gasteiger partial charge in [-0.25, -0.2) is 4.79 Å². The Kier molecular flexibility index (Phi) is 6.83. The summed E-state index contributed by atoms with van der Waals surface area (Å²) in [6.45, 7) is 0.242. The van der Waals surface area contributed by atoms with Crippen molar-refractivity contribution in [1.29, 1.82) is 0 Å². The van der Waals surface area contributed by atoms with Gasteiger partial charge in [-0.3, -0.25) is 4.98 Å². The van der Waals surface area contributed by atoms with Gasteiger partial charge in [0.2, 0.25) is 0 Å². The summed E-state index contributed by atoms with van der Waals surface area (Å²) in [7, 11) is 1.32. The van der Waals surface area contributed by atoms with E-state index < -0.39 is 17.7 Å². The summed E-state index contributed by atoms with van der Waals surface area (Å²) in [5.41, 5.74) is 3.30. The molecule has 0 fully saturated rings. The largest absolute Gasteiger partial charge is 0.489 e. The van der Waals surface area contributed by atoms with Crippen LogP contribution in [-0.4, -0.2) is 18.1 Å². The molecule has 0 unspecified atom stereocenters. The number of carbonyl (C=O) groups is 1. The zero-order valence-corrected chi connectivity index (χ0v) is 20.3. The highest BCUT2D eigenvalue weighted by Crippen LogP contribution is 2.42. The molecule has 38 heavy (non-hydrogen) atoms. The topological polar surface area (TPSA) is 48.4 Å². The molecule has 7 heteroatoms. The smallest absolute Gasteiger partial charge is 0.418 e. The van der Waals surface area contributed by atoms with Gasteiger partial charge in [0.05, 0.1) is 23.8 Å². The van der Waals surface area contributed by atoms with Gasteiger partial charge < -0.3 is 9.47 Å². The maximum absolute atomic E-state index is 13.8. The fourth-order valence-corrected chi connectivity index (χ4v) is 4.36. The SMILES string of the molecule is COC(=O)c1ccc(COc2cccc(-c3c(-c4ccccc4)cnc4c(C(F)(F)F)cccc34)c2)cc1. The molecule has 5 aromatic rings. The van der Waals surface area contributed by atoms with E-state index in [1.54, 1.807) is 42.5 Å². The molecule has 0 aliphatic rings. The summed E-state index contributed by atoms with van der Waals surface area (Å²) in [5.74, 6) is 0.133. The van der Waals surface area contributed by atoms with Crippen molar-refractivity contribution < 1.29 is 27.4 Å². The molecule has 1 aromatic heterocycles. The Morgan fingerprint density at radius 3 is 2.26 bits per heavy atom. The van der Waals surface area contributed by atoms with Crippen molar-refractivity contribution >= 4 is 16.9 Å². The molecule has 190 valence electrons. The fourth-order valence-electron chi connectivity index (χ4n) is 4.36. The third-order valence-corrected chi connectivity index (χ3v) is 6.19. The van der Waals surface area contributed by atoms with E-state index in [1.165, 1.54) is 19.4 Å². The van der Waals surface area contributed by atoms with Crippen molar-refractivity contribution in [1.82, 2.24) is 4.98 Å². The molecule has 0 radical (unpaired) electrons. The number of aromatic nitrogens is 1. The average molecular weight is 514 g/mol. The Bertz CT molecular complexity index is 1600. The summed E-state index contributed by atoms with van der Waals surface area (Å²) in [6, 6.07) is 27.7. The maximum atomic E-state index is 13.8. The van der Waals surface area contributed by atoms with E-state index in [0.717, 1.165) is 17.2 Å². The van der Waals surface area contributed by atoms with Crippen molar-refractivity contribution in [2.24, 2.45) is 0 Å². The highest BCUT2D eigenvalue weighted by atomic mass is 19.4. The van der Waals surface area contributed by atoms with E-state index in [2.05, 4.69) is 4.98 Å². The van der Waals surface area contributed by atoms with Gasteiger partial charge in [-0.15, -0.1) is 0 Å². The van der Waals surface area contributed by atoms with Crippen LogP contribution in [0.4, 0.5) is 13.2 Å². The predicted molar refractivity (Wildman–Crippen MR) is 140 cm³/mol. The first-order chi connectivity index (χ1) is 18.3. The molecule has 0 aliphatic heterocycles. The van der Waals surface area contributed by atoms with Gasteiger partial charge in [-0.05, 0) is 47.0 Å². The van der Waals surface area contributed by atoms with Gasteiger partial charge in [0.1, 0.15) is 12.4 Å². The molecular formula is C31H22F3NO3.